The van der Waals surface area contributed by atoms with Crippen molar-refractivity contribution in [2.45, 2.75) is 11.8 Å². The zero-order valence-electron chi connectivity index (χ0n) is 9.71. The van der Waals surface area contributed by atoms with Crippen LogP contribution in [0.2, 0.25) is 0 Å². The molecule has 0 radical (unpaired) electrons. The Labute approximate surface area is 105 Å². The van der Waals surface area contributed by atoms with Crippen molar-refractivity contribution in [2.24, 2.45) is 5.92 Å². The number of benzene rings is 2. The number of carbonyl (C=O) groups is 1. The first kappa shape index (κ1) is 9.89. The summed E-state index contributed by atoms with van der Waals surface area (Å²) in [6.45, 7) is 0. The summed E-state index contributed by atoms with van der Waals surface area (Å²) < 4.78 is 0. The minimum Gasteiger partial charge on any atom is -0.481 e. The van der Waals surface area contributed by atoms with E-state index in [1.165, 1.54) is 22.3 Å². The summed E-state index contributed by atoms with van der Waals surface area (Å²) in [5.74, 6) is -0.562. The molecule has 1 fully saturated rings. The third-order valence-corrected chi connectivity index (χ3v) is 4.23. The van der Waals surface area contributed by atoms with Gasteiger partial charge in [-0.3, -0.25) is 4.79 Å². The monoisotopic (exact) mass is 236 g/mol. The lowest BCUT2D eigenvalue weighted by molar-refractivity contribution is -0.138. The Morgan fingerprint density at radius 3 is 1.72 bits per heavy atom. The molecular formula is C16H12O2. The third-order valence-electron chi connectivity index (χ3n) is 4.23. The van der Waals surface area contributed by atoms with Gasteiger partial charge in [-0.05, 0) is 22.3 Å². The predicted molar refractivity (Wildman–Crippen MR) is 68.5 cm³/mol. The molecule has 3 atom stereocenters. The topological polar surface area (TPSA) is 37.3 Å². The van der Waals surface area contributed by atoms with Gasteiger partial charge in [0.05, 0.1) is 5.92 Å². The van der Waals surface area contributed by atoms with Gasteiger partial charge in [-0.2, -0.15) is 0 Å². The first-order valence-corrected chi connectivity index (χ1v) is 6.20. The van der Waals surface area contributed by atoms with Crippen molar-refractivity contribution in [3.05, 3.63) is 59.7 Å². The molecule has 88 valence electrons. The van der Waals surface area contributed by atoms with E-state index in [1.54, 1.807) is 0 Å². The average molecular weight is 236 g/mol. The van der Waals surface area contributed by atoms with Crippen LogP contribution in [0.3, 0.4) is 0 Å². The number of carboxylic acid groups (broad SMARTS) is 1. The smallest absolute Gasteiger partial charge is 0.307 e. The Kier molecular flexibility index (Phi) is 1.77. The number of hydrogen-bond acceptors (Lipinski definition) is 1. The summed E-state index contributed by atoms with van der Waals surface area (Å²) in [7, 11) is 0. The minimum absolute atomic E-state index is 0.175. The molecule has 0 bridgehead atoms. The molecule has 0 saturated heterocycles. The normalized spacial score (nSPS) is 26.8. The van der Waals surface area contributed by atoms with Crippen molar-refractivity contribution in [1.82, 2.24) is 0 Å². The van der Waals surface area contributed by atoms with E-state index in [2.05, 4.69) is 24.3 Å². The Balaban J connectivity index is 2.00. The van der Waals surface area contributed by atoms with E-state index in [4.69, 9.17) is 0 Å². The van der Waals surface area contributed by atoms with E-state index in [1.807, 2.05) is 24.3 Å². The van der Waals surface area contributed by atoms with E-state index in [9.17, 15) is 9.90 Å². The van der Waals surface area contributed by atoms with Crippen LogP contribution in [-0.4, -0.2) is 11.1 Å². The van der Waals surface area contributed by atoms with Crippen LogP contribution in [0.4, 0.5) is 0 Å². The number of carboxylic acids is 1. The van der Waals surface area contributed by atoms with Gasteiger partial charge >= 0.3 is 5.97 Å². The van der Waals surface area contributed by atoms with E-state index < -0.39 is 5.97 Å². The fourth-order valence-corrected chi connectivity index (χ4v) is 3.46. The molecule has 4 rings (SSSR count). The van der Waals surface area contributed by atoms with Crippen LogP contribution < -0.4 is 0 Å². The van der Waals surface area contributed by atoms with E-state index >= 15 is 0 Å². The van der Waals surface area contributed by atoms with Gasteiger partial charge in [0.2, 0.25) is 0 Å². The molecule has 1 unspecified atom stereocenters. The summed E-state index contributed by atoms with van der Waals surface area (Å²) in [6.07, 6.45) is 0. The molecule has 0 amide bonds. The second-order valence-electron chi connectivity index (χ2n) is 5.09. The highest BCUT2D eigenvalue weighted by Crippen LogP contribution is 2.66. The molecule has 2 heteroatoms. The van der Waals surface area contributed by atoms with E-state index in [-0.39, 0.29) is 17.8 Å². The van der Waals surface area contributed by atoms with Gasteiger partial charge in [0.1, 0.15) is 0 Å². The molecule has 2 nitrogen and oxygen atoms in total. The highest BCUT2D eigenvalue weighted by molar-refractivity contribution is 5.86. The first-order chi connectivity index (χ1) is 8.79. The lowest BCUT2D eigenvalue weighted by Gasteiger charge is -2.18. The molecule has 1 N–H and O–H groups in total. The van der Waals surface area contributed by atoms with Gasteiger partial charge in [-0.15, -0.1) is 0 Å². The van der Waals surface area contributed by atoms with Gasteiger partial charge in [0, 0.05) is 11.8 Å². The van der Waals surface area contributed by atoms with Crippen molar-refractivity contribution >= 4 is 5.97 Å². The number of rotatable bonds is 1. The molecule has 0 spiro atoms. The van der Waals surface area contributed by atoms with E-state index in [0.717, 1.165) is 0 Å². The molecule has 2 aliphatic rings. The molecule has 2 aromatic carbocycles. The maximum Gasteiger partial charge on any atom is 0.307 e. The summed E-state index contributed by atoms with van der Waals surface area (Å²) in [6, 6.07) is 16.4. The highest BCUT2D eigenvalue weighted by atomic mass is 16.4. The standard InChI is InChI=1S/C16H12O2/c17-16(18)15-13-11-7-3-1-5-9(11)10-6-2-4-8-12(10)14(13)15/h1-8,13-15H,(H,17,18)/t13-,14+,15?. The SMILES string of the molecule is O=C(O)C1[C@H]2c3ccccc3-c3ccccc3[C@@H]12. The lowest BCUT2D eigenvalue weighted by atomic mass is 9.86. The summed E-state index contributed by atoms with van der Waals surface area (Å²) in [4.78, 5) is 11.3. The maximum absolute atomic E-state index is 11.3. The second kappa shape index (κ2) is 3.22. The minimum atomic E-state index is -0.670. The van der Waals surface area contributed by atoms with Gasteiger partial charge in [-0.1, -0.05) is 48.5 Å². The number of fused-ring (bicyclic) bond motifs is 6. The van der Waals surface area contributed by atoms with Crippen molar-refractivity contribution in [1.29, 1.82) is 0 Å². The molecule has 18 heavy (non-hydrogen) atoms. The number of hydrogen-bond donors (Lipinski definition) is 1. The fraction of sp³-hybridized carbons (Fsp3) is 0.188. The van der Waals surface area contributed by atoms with Crippen molar-refractivity contribution in [3.63, 3.8) is 0 Å². The maximum atomic E-state index is 11.3. The summed E-state index contributed by atoms with van der Waals surface area (Å²) in [5.41, 5.74) is 4.82. The quantitative estimate of drug-likeness (QED) is 0.825. The third kappa shape index (κ3) is 1.10. The van der Waals surface area contributed by atoms with Crippen LogP contribution in [0.25, 0.3) is 11.1 Å². The zero-order valence-corrected chi connectivity index (χ0v) is 9.71. The second-order valence-corrected chi connectivity index (χ2v) is 5.09. The summed E-state index contributed by atoms with van der Waals surface area (Å²) in [5, 5.41) is 9.34. The van der Waals surface area contributed by atoms with Crippen LogP contribution in [0.15, 0.2) is 48.5 Å². The Morgan fingerprint density at radius 1 is 0.833 bits per heavy atom. The van der Waals surface area contributed by atoms with Crippen molar-refractivity contribution in [2.75, 3.05) is 0 Å². The van der Waals surface area contributed by atoms with Crippen molar-refractivity contribution < 1.29 is 9.90 Å². The lowest BCUT2D eigenvalue weighted by Crippen LogP contribution is -1.99. The van der Waals surface area contributed by atoms with Gasteiger partial charge in [-0.25, -0.2) is 0 Å². The highest BCUT2D eigenvalue weighted by Gasteiger charge is 2.59. The fourth-order valence-electron chi connectivity index (χ4n) is 3.46. The number of aliphatic carboxylic acids is 1. The Hall–Kier alpha value is -2.09. The largest absolute Gasteiger partial charge is 0.481 e. The molecule has 2 aromatic rings. The van der Waals surface area contributed by atoms with E-state index in [0.29, 0.717) is 0 Å². The zero-order chi connectivity index (χ0) is 12.3. The van der Waals surface area contributed by atoms with Gasteiger partial charge in [0.25, 0.3) is 0 Å². The molecule has 2 aliphatic carbocycles. The Bertz CT molecular complexity index is 608. The molecule has 0 aliphatic heterocycles. The molecule has 1 saturated carbocycles. The van der Waals surface area contributed by atoms with Crippen LogP contribution >= 0.6 is 0 Å². The van der Waals surface area contributed by atoms with Crippen LogP contribution in [0.1, 0.15) is 23.0 Å². The molecule has 0 heterocycles. The van der Waals surface area contributed by atoms with Crippen LogP contribution in [0.5, 0.6) is 0 Å². The predicted octanol–water partition coefficient (Wildman–Crippen LogP) is 3.25. The average Bonchev–Trinajstić information content (AvgIpc) is 3.15. The van der Waals surface area contributed by atoms with Gasteiger partial charge in [0.15, 0.2) is 0 Å². The van der Waals surface area contributed by atoms with Gasteiger partial charge < -0.3 is 5.11 Å². The van der Waals surface area contributed by atoms with Crippen molar-refractivity contribution in [3.8, 4) is 11.1 Å². The summed E-state index contributed by atoms with van der Waals surface area (Å²) >= 11 is 0. The molecular weight excluding hydrogens is 224 g/mol. The van der Waals surface area contributed by atoms with Crippen LogP contribution in [0, 0.1) is 5.92 Å². The Morgan fingerprint density at radius 2 is 1.28 bits per heavy atom. The first-order valence-electron chi connectivity index (χ1n) is 6.20. The molecule has 0 aromatic heterocycles. The van der Waals surface area contributed by atoms with Crippen LogP contribution in [-0.2, 0) is 4.79 Å².